The average molecular weight is 334 g/mol. The van der Waals surface area contributed by atoms with Crippen molar-refractivity contribution >= 4 is 11.9 Å². The van der Waals surface area contributed by atoms with Crippen LogP contribution < -0.4 is 16.0 Å². The van der Waals surface area contributed by atoms with Gasteiger partial charge in [0.05, 0.1) is 5.54 Å². The van der Waals surface area contributed by atoms with Crippen molar-refractivity contribution in [3.63, 3.8) is 0 Å². The third kappa shape index (κ3) is 4.16. The predicted molar refractivity (Wildman–Crippen MR) is 75.3 cm³/mol. The molecule has 0 radical (unpaired) electrons. The van der Waals surface area contributed by atoms with Crippen LogP contribution in [0.15, 0.2) is 0 Å². The van der Waals surface area contributed by atoms with Gasteiger partial charge in [-0.15, -0.1) is 0 Å². The molecule has 0 aromatic carbocycles. The van der Waals surface area contributed by atoms with Crippen LogP contribution in [0.2, 0.25) is 0 Å². The second-order valence-corrected chi connectivity index (χ2v) is 7.53. The molecule has 23 heavy (non-hydrogen) atoms. The Morgan fingerprint density at radius 2 is 1.57 bits per heavy atom. The van der Waals surface area contributed by atoms with Crippen LogP contribution in [0, 0.1) is 17.8 Å². The van der Waals surface area contributed by atoms with E-state index in [2.05, 4.69) is 0 Å². The topological polar surface area (TPSA) is 74.8 Å². The maximum absolute atomic E-state index is 12.0. The molecule has 0 heterocycles. The molecule has 8 heteroatoms. The Morgan fingerprint density at radius 3 is 2.04 bits per heavy atom. The van der Waals surface area contributed by atoms with Crippen LogP contribution >= 0.6 is 0 Å². The molecule has 3 amide bonds. The van der Waals surface area contributed by atoms with Crippen LogP contribution in [-0.2, 0) is 4.79 Å². The minimum Gasteiger partial charge on any atom is -0.334 e. The lowest BCUT2D eigenvalue weighted by atomic mass is 9.53. The van der Waals surface area contributed by atoms with Gasteiger partial charge in [0.15, 0.2) is 6.54 Å². The van der Waals surface area contributed by atoms with Gasteiger partial charge in [0.1, 0.15) is 6.54 Å². The summed E-state index contributed by atoms with van der Waals surface area (Å²) in [5.41, 5.74) is 0.106. The highest BCUT2D eigenvalue weighted by Crippen LogP contribution is 2.54. The lowest BCUT2D eigenvalue weighted by Crippen LogP contribution is -3.00. The van der Waals surface area contributed by atoms with Crippen LogP contribution in [0.4, 0.5) is 18.0 Å². The van der Waals surface area contributed by atoms with E-state index in [0.29, 0.717) is 0 Å². The van der Waals surface area contributed by atoms with Crippen molar-refractivity contribution in [3.05, 3.63) is 0 Å². The van der Waals surface area contributed by atoms with Crippen LogP contribution in [-0.4, -0.2) is 36.7 Å². The Kier molecular flexibility index (Phi) is 4.29. The number of carbonyl (C=O) groups is 2. The van der Waals surface area contributed by atoms with Crippen molar-refractivity contribution in [3.8, 4) is 0 Å². The molecule has 4 N–H and O–H groups in total. The summed E-state index contributed by atoms with van der Waals surface area (Å²) in [5.74, 6) is 1.74. The summed E-state index contributed by atoms with van der Waals surface area (Å²) in [6.45, 7) is -1.35. The average Bonchev–Trinajstić information content (AvgIpc) is 2.41. The molecule has 4 fully saturated rings. The first-order chi connectivity index (χ1) is 10.7. The highest BCUT2D eigenvalue weighted by Gasteiger charge is 2.53. The van der Waals surface area contributed by atoms with Crippen molar-refractivity contribution in [2.24, 2.45) is 17.8 Å². The van der Waals surface area contributed by atoms with E-state index in [1.54, 1.807) is 5.32 Å². The number of hydrogen-bond donors (Lipinski definition) is 3. The predicted octanol–water partition coefficient (Wildman–Crippen LogP) is 0.907. The molecule has 0 aromatic heterocycles. The molecule has 0 aromatic rings. The van der Waals surface area contributed by atoms with E-state index in [0.717, 1.165) is 37.0 Å². The molecule has 4 bridgehead atoms. The van der Waals surface area contributed by atoms with E-state index in [4.69, 9.17) is 0 Å². The van der Waals surface area contributed by atoms with E-state index in [1.807, 2.05) is 10.6 Å². The van der Waals surface area contributed by atoms with E-state index < -0.39 is 24.7 Å². The smallest absolute Gasteiger partial charge is 0.334 e. The molecule has 0 saturated heterocycles. The minimum atomic E-state index is -4.48. The third-order valence-corrected chi connectivity index (χ3v) is 5.51. The first kappa shape index (κ1) is 16.5. The number of nitrogens with one attached hydrogen (secondary N) is 2. The number of hydrogen-bond acceptors (Lipinski definition) is 2. The minimum absolute atomic E-state index is 0.0889. The normalized spacial score (nSPS) is 35.2. The summed E-state index contributed by atoms with van der Waals surface area (Å²) in [4.78, 5) is 23.1. The number of imide groups is 1. The number of rotatable bonds is 4. The summed E-state index contributed by atoms with van der Waals surface area (Å²) < 4.78 is 36.0. The Balaban J connectivity index is 1.43. The fourth-order valence-corrected chi connectivity index (χ4v) is 5.14. The first-order valence-electron chi connectivity index (χ1n) is 8.22. The van der Waals surface area contributed by atoms with Gasteiger partial charge in [0.2, 0.25) is 0 Å². The number of amides is 3. The maximum atomic E-state index is 12.0. The summed E-state index contributed by atoms with van der Waals surface area (Å²) in [6, 6.07) is -1.09. The second-order valence-electron chi connectivity index (χ2n) is 7.53. The number of nitrogens with two attached hydrogens (primary N) is 1. The number of alkyl halides is 3. The summed E-state index contributed by atoms with van der Waals surface area (Å²) in [6.07, 6.45) is 2.79. The molecule has 4 saturated carbocycles. The van der Waals surface area contributed by atoms with Gasteiger partial charge in [0.25, 0.3) is 5.91 Å². The fourth-order valence-electron chi connectivity index (χ4n) is 5.14. The highest BCUT2D eigenvalue weighted by atomic mass is 19.4. The summed E-state index contributed by atoms with van der Waals surface area (Å²) in [7, 11) is 0. The van der Waals surface area contributed by atoms with Crippen molar-refractivity contribution in [1.82, 2.24) is 10.6 Å². The van der Waals surface area contributed by atoms with Crippen LogP contribution in [0.1, 0.15) is 38.5 Å². The van der Waals surface area contributed by atoms with Crippen LogP contribution in [0.3, 0.4) is 0 Å². The van der Waals surface area contributed by atoms with E-state index in [-0.39, 0.29) is 12.1 Å². The molecule has 0 spiro atoms. The molecule has 0 unspecified atom stereocenters. The Bertz CT molecular complexity index is 458. The van der Waals surface area contributed by atoms with E-state index >= 15 is 0 Å². The number of urea groups is 1. The lowest BCUT2D eigenvalue weighted by molar-refractivity contribution is -0.730. The Labute approximate surface area is 132 Å². The fraction of sp³-hybridized carbons (Fsp3) is 0.867. The van der Waals surface area contributed by atoms with Gasteiger partial charge < -0.3 is 10.6 Å². The standard InChI is InChI=1S/C15H22F3N3O2/c16-15(17,18)8-19-13(23)21-12(22)7-20-14-4-9-1-10(5-14)3-11(2-9)6-14/h9-11,20H,1-8H2,(H2,19,21,22,23)/p+1. The molecule has 0 aliphatic heterocycles. The number of carbonyl (C=O) groups excluding carboxylic acids is 2. The van der Waals surface area contributed by atoms with E-state index in [9.17, 15) is 22.8 Å². The zero-order valence-corrected chi connectivity index (χ0v) is 12.9. The molecule has 5 nitrogen and oxygen atoms in total. The largest absolute Gasteiger partial charge is 0.405 e. The highest BCUT2D eigenvalue weighted by molar-refractivity contribution is 5.94. The zero-order valence-electron chi connectivity index (χ0n) is 12.9. The summed E-state index contributed by atoms with van der Waals surface area (Å²) in [5, 5.41) is 5.62. The van der Waals surface area contributed by atoms with Crippen LogP contribution in [0.25, 0.3) is 0 Å². The van der Waals surface area contributed by atoms with Gasteiger partial charge in [-0.3, -0.25) is 10.1 Å². The van der Waals surface area contributed by atoms with Crippen molar-refractivity contribution in [2.75, 3.05) is 13.1 Å². The van der Waals surface area contributed by atoms with Crippen molar-refractivity contribution in [2.45, 2.75) is 50.2 Å². The lowest BCUT2D eigenvalue weighted by Gasteiger charge is -2.54. The van der Waals surface area contributed by atoms with Gasteiger partial charge in [-0.2, -0.15) is 13.2 Å². The summed E-state index contributed by atoms with van der Waals surface area (Å²) >= 11 is 0. The Hall–Kier alpha value is -1.31. The monoisotopic (exact) mass is 334 g/mol. The number of halogens is 3. The first-order valence-corrected chi connectivity index (χ1v) is 8.22. The SMILES string of the molecule is O=C(C[NH2+]C12CC3CC(CC(C3)C1)C2)NC(=O)NCC(F)(F)F. The third-order valence-electron chi connectivity index (χ3n) is 5.51. The maximum Gasteiger partial charge on any atom is 0.405 e. The molecular formula is C15H23F3N3O2+. The van der Waals surface area contributed by atoms with Crippen molar-refractivity contribution in [1.29, 1.82) is 0 Å². The Morgan fingerprint density at radius 1 is 1.04 bits per heavy atom. The molecule has 4 rings (SSSR count). The molecule has 0 atom stereocenters. The number of quaternary nitrogens is 1. The van der Waals surface area contributed by atoms with Crippen LogP contribution in [0.5, 0.6) is 0 Å². The van der Waals surface area contributed by atoms with E-state index in [1.165, 1.54) is 19.3 Å². The second kappa shape index (κ2) is 5.96. The zero-order chi connectivity index (χ0) is 16.7. The van der Waals surface area contributed by atoms with Gasteiger partial charge >= 0.3 is 12.2 Å². The molecule has 4 aliphatic carbocycles. The van der Waals surface area contributed by atoms with Gasteiger partial charge in [-0.05, 0) is 37.0 Å². The molecule has 4 aliphatic rings. The van der Waals surface area contributed by atoms with Gasteiger partial charge in [0, 0.05) is 19.3 Å². The van der Waals surface area contributed by atoms with Gasteiger partial charge in [-0.1, -0.05) is 0 Å². The quantitative estimate of drug-likeness (QED) is 0.715. The molecular weight excluding hydrogens is 311 g/mol. The van der Waals surface area contributed by atoms with Gasteiger partial charge in [-0.25, -0.2) is 4.79 Å². The molecule has 130 valence electrons. The van der Waals surface area contributed by atoms with Crippen molar-refractivity contribution < 1.29 is 28.1 Å².